The van der Waals surface area contributed by atoms with E-state index in [2.05, 4.69) is 4.90 Å². The summed E-state index contributed by atoms with van der Waals surface area (Å²) in [7, 11) is 1.51. The molecule has 2 saturated heterocycles. The SMILES string of the molecule is COC(C)C(=O)N1[C@@H](C(=O)N(CCO)CCN2CCOCC2)C[C@H]2C[C@H]21. The van der Waals surface area contributed by atoms with Gasteiger partial charge in [-0.3, -0.25) is 14.5 Å². The Balaban J connectivity index is 1.62. The third-order valence-corrected chi connectivity index (χ3v) is 5.82. The van der Waals surface area contributed by atoms with Crippen LogP contribution in [0.25, 0.3) is 0 Å². The summed E-state index contributed by atoms with van der Waals surface area (Å²) in [5.74, 6) is 0.288. The summed E-state index contributed by atoms with van der Waals surface area (Å²) in [6.07, 6.45) is 1.18. The van der Waals surface area contributed by atoms with E-state index in [1.807, 2.05) is 0 Å². The lowest BCUT2D eigenvalue weighted by atomic mass is 10.1. The lowest BCUT2D eigenvalue weighted by molar-refractivity contribution is -0.151. The minimum absolute atomic E-state index is 0.0452. The monoisotopic (exact) mass is 369 g/mol. The molecule has 0 aromatic rings. The Morgan fingerprint density at radius 3 is 2.65 bits per heavy atom. The summed E-state index contributed by atoms with van der Waals surface area (Å²) in [5, 5.41) is 9.40. The molecule has 3 fully saturated rings. The number of methoxy groups -OCH3 is 1. The topological polar surface area (TPSA) is 82.5 Å². The van der Waals surface area contributed by atoms with E-state index in [1.165, 1.54) is 7.11 Å². The molecule has 2 aliphatic heterocycles. The van der Waals surface area contributed by atoms with Crippen LogP contribution in [0.1, 0.15) is 19.8 Å². The molecule has 0 radical (unpaired) electrons. The maximum Gasteiger partial charge on any atom is 0.252 e. The van der Waals surface area contributed by atoms with Crippen LogP contribution in [-0.2, 0) is 19.1 Å². The van der Waals surface area contributed by atoms with Gasteiger partial charge < -0.3 is 24.4 Å². The third kappa shape index (κ3) is 4.19. The highest BCUT2D eigenvalue weighted by Crippen LogP contribution is 2.48. The molecule has 148 valence electrons. The highest BCUT2D eigenvalue weighted by molar-refractivity contribution is 5.90. The van der Waals surface area contributed by atoms with Gasteiger partial charge in [0.15, 0.2) is 0 Å². The molecule has 3 rings (SSSR count). The van der Waals surface area contributed by atoms with Gasteiger partial charge in [-0.15, -0.1) is 0 Å². The fourth-order valence-electron chi connectivity index (χ4n) is 4.06. The summed E-state index contributed by atoms with van der Waals surface area (Å²) < 4.78 is 10.5. The average molecular weight is 369 g/mol. The zero-order chi connectivity index (χ0) is 18.7. The van der Waals surface area contributed by atoms with Crippen molar-refractivity contribution in [3.8, 4) is 0 Å². The minimum Gasteiger partial charge on any atom is -0.395 e. The van der Waals surface area contributed by atoms with Crippen LogP contribution in [0.2, 0.25) is 0 Å². The molecule has 26 heavy (non-hydrogen) atoms. The van der Waals surface area contributed by atoms with Gasteiger partial charge in [0.25, 0.3) is 5.91 Å². The molecule has 3 aliphatic rings. The van der Waals surface area contributed by atoms with Gasteiger partial charge in [-0.25, -0.2) is 0 Å². The van der Waals surface area contributed by atoms with E-state index in [4.69, 9.17) is 9.47 Å². The van der Waals surface area contributed by atoms with Crippen molar-refractivity contribution in [2.45, 2.75) is 38.0 Å². The second-order valence-electron chi connectivity index (χ2n) is 7.44. The van der Waals surface area contributed by atoms with E-state index in [0.29, 0.717) is 19.0 Å². The van der Waals surface area contributed by atoms with Crippen LogP contribution in [-0.4, -0.2) is 109 Å². The van der Waals surface area contributed by atoms with Gasteiger partial charge in [0.1, 0.15) is 12.1 Å². The van der Waals surface area contributed by atoms with Crippen LogP contribution < -0.4 is 0 Å². The van der Waals surface area contributed by atoms with E-state index in [0.717, 1.165) is 45.7 Å². The van der Waals surface area contributed by atoms with Crippen LogP contribution in [0.3, 0.4) is 0 Å². The average Bonchev–Trinajstić information content (AvgIpc) is 3.34. The molecule has 1 saturated carbocycles. The van der Waals surface area contributed by atoms with Crippen molar-refractivity contribution >= 4 is 11.8 Å². The number of aliphatic hydroxyl groups excluding tert-OH is 1. The normalized spacial score (nSPS) is 29.3. The number of amides is 2. The number of carbonyl (C=O) groups is 2. The van der Waals surface area contributed by atoms with E-state index < -0.39 is 12.1 Å². The number of nitrogens with zero attached hydrogens (tertiary/aromatic N) is 3. The lowest BCUT2D eigenvalue weighted by Crippen LogP contribution is -2.53. The number of hydrogen-bond donors (Lipinski definition) is 1. The number of hydrogen-bond acceptors (Lipinski definition) is 6. The highest BCUT2D eigenvalue weighted by Gasteiger charge is 2.57. The smallest absolute Gasteiger partial charge is 0.252 e. The highest BCUT2D eigenvalue weighted by atomic mass is 16.5. The molecule has 1 N–H and O–H groups in total. The zero-order valence-corrected chi connectivity index (χ0v) is 15.8. The quantitative estimate of drug-likeness (QED) is 0.601. The Kier molecular flexibility index (Phi) is 6.50. The molecular formula is C18H31N3O5. The van der Waals surface area contributed by atoms with E-state index in [1.54, 1.807) is 16.7 Å². The summed E-state index contributed by atoms with van der Waals surface area (Å²) in [4.78, 5) is 31.5. The molecule has 4 atom stereocenters. The number of likely N-dealkylation sites (tertiary alicyclic amines) is 1. The molecule has 8 heteroatoms. The van der Waals surface area contributed by atoms with Crippen LogP contribution in [0.4, 0.5) is 0 Å². The second-order valence-corrected chi connectivity index (χ2v) is 7.44. The van der Waals surface area contributed by atoms with Crippen molar-refractivity contribution in [3.05, 3.63) is 0 Å². The molecule has 0 spiro atoms. The van der Waals surface area contributed by atoms with Crippen molar-refractivity contribution in [3.63, 3.8) is 0 Å². The van der Waals surface area contributed by atoms with Crippen molar-refractivity contribution in [2.24, 2.45) is 5.92 Å². The van der Waals surface area contributed by atoms with Crippen LogP contribution in [0.5, 0.6) is 0 Å². The molecule has 0 bridgehead atoms. The van der Waals surface area contributed by atoms with Crippen molar-refractivity contribution in [1.82, 2.24) is 14.7 Å². The van der Waals surface area contributed by atoms with Gasteiger partial charge in [0.2, 0.25) is 5.91 Å². The number of ether oxygens (including phenoxy) is 2. The van der Waals surface area contributed by atoms with E-state index >= 15 is 0 Å². The number of carbonyl (C=O) groups excluding carboxylic acids is 2. The Morgan fingerprint density at radius 2 is 2.00 bits per heavy atom. The van der Waals surface area contributed by atoms with Crippen molar-refractivity contribution < 1.29 is 24.2 Å². The first-order chi connectivity index (χ1) is 12.6. The van der Waals surface area contributed by atoms with Crippen molar-refractivity contribution in [1.29, 1.82) is 0 Å². The predicted molar refractivity (Wildman–Crippen MR) is 94.5 cm³/mol. The number of piperidine rings is 1. The van der Waals surface area contributed by atoms with Crippen molar-refractivity contribution in [2.75, 3.05) is 59.7 Å². The molecule has 0 aromatic heterocycles. The van der Waals surface area contributed by atoms with Gasteiger partial charge in [-0.1, -0.05) is 0 Å². The molecule has 1 aliphatic carbocycles. The number of aliphatic hydroxyl groups is 1. The van der Waals surface area contributed by atoms with E-state index in [9.17, 15) is 14.7 Å². The Morgan fingerprint density at radius 1 is 1.27 bits per heavy atom. The fourth-order valence-corrected chi connectivity index (χ4v) is 4.06. The lowest BCUT2D eigenvalue weighted by Gasteiger charge is -2.34. The standard InChI is InChI=1S/C18H31N3O5/c1-13(25-2)17(23)21-15-11-14(15)12-16(21)18(24)20(5-8-22)4-3-19-6-9-26-10-7-19/h13-16,22H,3-12H2,1-2H3/t13?,14-,15-,16-/m1/s1. The molecular weight excluding hydrogens is 338 g/mol. The largest absolute Gasteiger partial charge is 0.395 e. The van der Waals surface area contributed by atoms with Gasteiger partial charge in [-0.2, -0.15) is 0 Å². The second kappa shape index (κ2) is 8.65. The molecule has 2 amide bonds. The summed E-state index contributed by atoms with van der Waals surface area (Å²) in [6.45, 7) is 6.45. The molecule has 2 heterocycles. The zero-order valence-electron chi connectivity index (χ0n) is 15.8. The number of rotatable bonds is 8. The number of fused-ring (bicyclic) bond motifs is 1. The maximum atomic E-state index is 13.1. The van der Waals surface area contributed by atoms with Gasteiger partial charge in [0, 0.05) is 45.9 Å². The van der Waals surface area contributed by atoms with Crippen LogP contribution in [0.15, 0.2) is 0 Å². The van der Waals surface area contributed by atoms with E-state index in [-0.39, 0.29) is 24.5 Å². The molecule has 0 aromatic carbocycles. The maximum absolute atomic E-state index is 13.1. The molecule has 1 unspecified atom stereocenters. The van der Waals surface area contributed by atoms with Gasteiger partial charge in [-0.05, 0) is 25.7 Å². The van der Waals surface area contributed by atoms with Gasteiger partial charge in [0.05, 0.1) is 19.8 Å². The number of morpholine rings is 1. The Bertz CT molecular complexity index is 511. The Labute approximate surface area is 155 Å². The predicted octanol–water partition coefficient (Wildman–Crippen LogP) is -0.836. The van der Waals surface area contributed by atoms with Crippen LogP contribution in [0, 0.1) is 5.92 Å². The minimum atomic E-state index is -0.538. The summed E-state index contributed by atoms with van der Waals surface area (Å²) in [6, 6.07) is -0.232. The van der Waals surface area contributed by atoms with Crippen LogP contribution >= 0.6 is 0 Å². The Hall–Kier alpha value is -1.22. The fraction of sp³-hybridized carbons (Fsp3) is 0.889. The molecule has 8 nitrogen and oxygen atoms in total. The summed E-state index contributed by atoms with van der Waals surface area (Å²) in [5.41, 5.74) is 0. The first-order valence-electron chi connectivity index (χ1n) is 9.61. The summed E-state index contributed by atoms with van der Waals surface area (Å²) >= 11 is 0. The third-order valence-electron chi connectivity index (χ3n) is 5.82. The first kappa shape index (κ1) is 19.5. The van der Waals surface area contributed by atoms with Gasteiger partial charge >= 0.3 is 0 Å². The first-order valence-corrected chi connectivity index (χ1v) is 9.61.